The van der Waals surface area contributed by atoms with Gasteiger partial charge in [0.2, 0.25) is 0 Å². The van der Waals surface area contributed by atoms with E-state index >= 15 is 0 Å². The highest BCUT2D eigenvalue weighted by Gasteiger charge is 2.36. The summed E-state index contributed by atoms with van der Waals surface area (Å²) in [4.78, 5) is 0. The number of fused-ring (bicyclic) bond motifs is 1. The molecule has 2 N–H and O–H groups in total. The van der Waals surface area contributed by atoms with Gasteiger partial charge in [-0.15, -0.1) is 0 Å². The maximum atomic E-state index is 8.99. The Morgan fingerprint density at radius 1 is 0.900 bits per heavy atom. The molecule has 0 atom stereocenters. The predicted octanol–water partition coefficient (Wildman–Crippen LogP) is 10.5. The molecular formula is C38H46N2. The van der Waals surface area contributed by atoms with Crippen LogP contribution in [0.25, 0.3) is 12.2 Å². The Morgan fingerprint density at radius 3 is 2.33 bits per heavy atom. The lowest BCUT2D eigenvalue weighted by Gasteiger charge is -2.27. The third kappa shape index (κ3) is 5.77. The second kappa shape index (κ2) is 11.8. The van der Waals surface area contributed by atoms with E-state index in [1.165, 1.54) is 55.9 Å². The van der Waals surface area contributed by atoms with E-state index < -0.39 is 0 Å². The molecule has 0 saturated heterocycles. The lowest BCUT2D eigenvalue weighted by atomic mass is 9.76. The van der Waals surface area contributed by atoms with E-state index in [1.54, 1.807) is 0 Å². The third-order valence-electron chi connectivity index (χ3n) is 8.60. The molecule has 0 unspecified atom stereocenters. The van der Waals surface area contributed by atoms with E-state index in [1.807, 2.05) is 6.08 Å². The number of benzene rings is 2. The number of aryl methyl sites for hydroxylation is 2. The van der Waals surface area contributed by atoms with Crippen molar-refractivity contribution in [1.82, 2.24) is 0 Å². The zero-order chi connectivity index (χ0) is 29.1. The summed E-state index contributed by atoms with van der Waals surface area (Å²) in [5.41, 5.74) is 12.9. The zero-order valence-electron chi connectivity index (χ0n) is 25.7. The highest BCUT2D eigenvalue weighted by molar-refractivity contribution is 6.01. The standard InChI is InChI=1S/C38H46N2/c1-9-13-30-26(3)15-11-18-32(30)37(5,6)34(39)23-20-28-16-12-17-29(25-28)21-24-35-38(7,8)36-31(14-10-2)27(4)19-22-33(36)40-35/h9-11,13-15,18-25,39-40H,12,16-17H2,1-8H3/b13-9-,14-10-,23-20+,29-21+,35-24+,39-34?. The fourth-order valence-electron chi connectivity index (χ4n) is 6.06. The molecule has 4 rings (SSSR count). The molecule has 2 aromatic carbocycles. The summed E-state index contributed by atoms with van der Waals surface area (Å²) in [6.45, 7) is 17.4. The molecule has 0 bridgehead atoms. The number of rotatable bonds is 7. The zero-order valence-corrected chi connectivity index (χ0v) is 25.7. The van der Waals surface area contributed by atoms with Crippen molar-refractivity contribution in [3.63, 3.8) is 0 Å². The molecule has 0 fully saturated rings. The van der Waals surface area contributed by atoms with Crippen molar-refractivity contribution in [2.75, 3.05) is 5.32 Å². The predicted molar refractivity (Wildman–Crippen MR) is 176 cm³/mol. The quantitative estimate of drug-likeness (QED) is 0.343. The van der Waals surface area contributed by atoms with E-state index in [4.69, 9.17) is 5.41 Å². The highest BCUT2D eigenvalue weighted by atomic mass is 15.0. The minimum atomic E-state index is -0.380. The number of allylic oxidation sites excluding steroid dienone is 10. The molecule has 2 aromatic rings. The van der Waals surface area contributed by atoms with E-state index in [9.17, 15) is 0 Å². The van der Waals surface area contributed by atoms with Crippen molar-refractivity contribution in [1.29, 1.82) is 5.41 Å². The van der Waals surface area contributed by atoms with Crippen molar-refractivity contribution in [2.24, 2.45) is 0 Å². The summed E-state index contributed by atoms with van der Waals surface area (Å²) in [5.74, 6) is 0. The molecule has 1 heterocycles. The van der Waals surface area contributed by atoms with Gasteiger partial charge >= 0.3 is 0 Å². The maximum absolute atomic E-state index is 8.99. The Hall–Kier alpha value is -3.65. The van der Waals surface area contributed by atoms with Crippen LogP contribution in [0.4, 0.5) is 5.69 Å². The van der Waals surface area contributed by atoms with Gasteiger partial charge in [0.1, 0.15) is 0 Å². The molecule has 2 heteroatoms. The van der Waals surface area contributed by atoms with Crippen LogP contribution in [-0.2, 0) is 10.8 Å². The van der Waals surface area contributed by atoms with Crippen LogP contribution >= 0.6 is 0 Å². The van der Waals surface area contributed by atoms with Gasteiger partial charge in [-0.3, -0.25) is 0 Å². The van der Waals surface area contributed by atoms with Gasteiger partial charge in [-0.1, -0.05) is 94.5 Å². The van der Waals surface area contributed by atoms with Crippen molar-refractivity contribution < 1.29 is 0 Å². The lowest BCUT2D eigenvalue weighted by molar-refractivity contribution is 0.652. The molecule has 2 aliphatic rings. The highest BCUT2D eigenvalue weighted by Crippen LogP contribution is 2.46. The molecule has 40 heavy (non-hydrogen) atoms. The molecule has 0 radical (unpaired) electrons. The van der Waals surface area contributed by atoms with Crippen LogP contribution in [0, 0.1) is 19.3 Å². The molecule has 208 valence electrons. The minimum Gasteiger partial charge on any atom is -0.358 e. The molecule has 1 aliphatic heterocycles. The summed E-state index contributed by atoms with van der Waals surface area (Å²) in [6.07, 6.45) is 22.9. The van der Waals surface area contributed by atoms with Gasteiger partial charge < -0.3 is 10.7 Å². The first-order valence-corrected chi connectivity index (χ1v) is 14.7. The molecule has 0 aromatic heterocycles. The van der Waals surface area contributed by atoms with Crippen LogP contribution < -0.4 is 5.32 Å². The summed E-state index contributed by atoms with van der Waals surface area (Å²) in [5, 5.41) is 12.7. The van der Waals surface area contributed by atoms with Crippen LogP contribution in [0.15, 0.2) is 89.7 Å². The Morgan fingerprint density at radius 2 is 1.60 bits per heavy atom. The SMILES string of the molecule is C/C=C\c1c(C)cccc1C(C)(C)C(=N)/C=C/C1=CC(=C/C=C2/Nc3ccc(C)c(/C=C\C)c3C2(C)C)/CCC1. The van der Waals surface area contributed by atoms with Crippen LogP contribution in [0.3, 0.4) is 0 Å². The third-order valence-corrected chi connectivity index (χ3v) is 8.60. The van der Waals surface area contributed by atoms with E-state index in [0.717, 1.165) is 19.3 Å². The Balaban J connectivity index is 1.57. The van der Waals surface area contributed by atoms with Gasteiger partial charge in [0.25, 0.3) is 0 Å². The van der Waals surface area contributed by atoms with Gasteiger partial charge in [0.05, 0.1) is 0 Å². The second-order valence-corrected chi connectivity index (χ2v) is 12.3. The van der Waals surface area contributed by atoms with E-state index in [2.05, 4.69) is 140 Å². The summed E-state index contributed by atoms with van der Waals surface area (Å²) in [6, 6.07) is 10.8. The number of hydrogen-bond acceptors (Lipinski definition) is 2. The topological polar surface area (TPSA) is 35.9 Å². The first kappa shape index (κ1) is 29.3. The maximum Gasteiger partial charge on any atom is 0.0430 e. The van der Waals surface area contributed by atoms with Crippen LogP contribution in [0.5, 0.6) is 0 Å². The van der Waals surface area contributed by atoms with Gasteiger partial charge in [-0.05, 0) is 110 Å². The molecular weight excluding hydrogens is 484 g/mol. The smallest absolute Gasteiger partial charge is 0.0430 e. The van der Waals surface area contributed by atoms with Crippen LogP contribution in [0.2, 0.25) is 0 Å². The fraction of sp³-hybridized carbons (Fsp3) is 0.342. The Bertz CT molecular complexity index is 1480. The van der Waals surface area contributed by atoms with Gasteiger partial charge in [0, 0.05) is 27.9 Å². The summed E-state index contributed by atoms with van der Waals surface area (Å²) < 4.78 is 0. The van der Waals surface area contributed by atoms with Gasteiger partial charge in [-0.25, -0.2) is 0 Å². The largest absolute Gasteiger partial charge is 0.358 e. The summed E-state index contributed by atoms with van der Waals surface area (Å²) >= 11 is 0. The molecule has 0 amide bonds. The van der Waals surface area contributed by atoms with Crippen LogP contribution in [-0.4, -0.2) is 5.71 Å². The normalized spacial score (nSPS) is 19.1. The minimum absolute atomic E-state index is 0.0867. The van der Waals surface area contributed by atoms with Gasteiger partial charge in [0.15, 0.2) is 0 Å². The molecule has 2 nitrogen and oxygen atoms in total. The van der Waals surface area contributed by atoms with Crippen molar-refractivity contribution in [3.05, 3.63) is 123 Å². The number of nitrogens with one attached hydrogen (secondary N) is 2. The first-order chi connectivity index (χ1) is 19.0. The Kier molecular flexibility index (Phi) is 8.68. The molecule has 0 spiro atoms. The first-order valence-electron chi connectivity index (χ1n) is 14.7. The van der Waals surface area contributed by atoms with Gasteiger partial charge in [-0.2, -0.15) is 0 Å². The van der Waals surface area contributed by atoms with Crippen LogP contribution in [0.1, 0.15) is 94.2 Å². The molecule has 1 aliphatic carbocycles. The second-order valence-electron chi connectivity index (χ2n) is 12.3. The Labute approximate surface area is 242 Å². The summed E-state index contributed by atoms with van der Waals surface area (Å²) in [7, 11) is 0. The van der Waals surface area contributed by atoms with E-state index in [-0.39, 0.29) is 10.8 Å². The van der Waals surface area contributed by atoms with Crippen molar-refractivity contribution in [2.45, 2.75) is 85.5 Å². The average Bonchev–Trinajstić information content (AvgIpc) is 3.18. The number of hydrogen-bond donors (Lipinski definition) is 2. The molecule has 0 saturated carbocycles. The van der Waals surface area contributed by atoms with Crippen molar-refractivity contribution >= 4 is 23.6 Å². The monoisotopic (exact) mass is 530 g/mol. The fourth-order valence-corrected chi connectivity index (χ4v) is 6.06. The lowest BCUT2D eigenvalue weighted by Crippen LogP contribution is -2.28. The number of anilines is 1. The average molecular weight is 531 g/mol. The van der Waals surface area contributed by atoms with Crippen molar-refractivity contribution in [3.8, 4) is 0 Å². The van der Waals surface area contributed by atoms with E-state index in [0.29, 0.717) is 5.71 Å².